The summed E-state index contributed by atoms with van der Waals surface area (Å²) in [5.74, 6) is -0.531. The zero-order valence-corrected chi connectivity index (χ0v) is 20.2. The minimum atomic E-state index is -0.730. The maximum atomic E-state index is 12.9. The maximum Gasteiger partial charge on any atom is 0.408 e. The molecule has 1 heterocycles. The average molecular weight is 488 g/mol. The summed E-state index contributed by atoms with van der Waals surface area (Å²) >= 11 is 6.00. The Morgan fingerprint density at radius 3 is 2.24 bits per heavy atom. The van der Waals surface area contributed by atoms with Crippen molar-refractivity contribution in [2.45, 2.75) is 32.5 Å². The highest BCUT2D eigenvalue weighted by molar-refractivity contribution is 6.30. The molecule has 2 atom stereocenters. The minimum absolute atomic E-state index is 0.131. The summed E-state index contributed by atoms with van der Waals surface area (Å²) in [6.07, 6.45) is -0.645. The van der Waals surface area contributed by atoms with E-state index in [1.54, 1.807) is 30.9 Å². The lowest BCUT2D eigenvalue weighted by Gasteiger charge is -2.39. The lowest BCUT2D eigenvalue weighted by molar-refractivity contribution is -0.151. The molecule has 2 aromatic rings. The minimum Gasteiger partial charge on any atom is -0.465 e. The van der Waals surface area contributed by atoms with Crippen molar-refractivity contribution < 1.29 is 23.9 Å². The molecule has 1 saturated heterocycles. The fraction of sp³-hybridized carbons (Fsp3) is 0.400. The lowest BCUT2D eigenvalue weighted by atomic mass is 10.0. The lowest BCUT2D eigenvalue weighted by Crippen LogP contribution is -2.55. The number of hydrogen-bond acceptors (Lipinski definition) is 6. The predicted molar refractivity (Wildman–Crippen MR) is 128 cm³/mol. The predicted octanol–water partition coefficient (Wildman–Crippen LogP) is 3.40. The topological polar surface area (TPSA) is 88.2 Å². The SMILES string of the molecule is CCOC(=O)C(c1ccc(Cl)cc1)N1CCN(C(=O)[C@H](C)NC(=O)OCc2ccccc2)CC1. The molecular weight excluding hydrogens is 458 g/mol. The molecule has 0 aromatic heterocycles. The van der Waals surface area contributed by atoms with Crippen LogP contribution in [0.15, 0.2) is 54.6 Å². The summed E-state index contributed by atoms with van der Waals surface area (Å²) in [5, 5.41) is 3.18. The Morgan fingerprint density at radius 1 is 0.971 bits per heavy atom. The van der Waals surface area contributed by atoms with E-state index < -0.39 is 18.2 Å². The Morgan fingerprint density at radius 2 is 1.62 bits per heavy atom. The van der Waals surface area contributed by atoms with Crippen LogP contribution in [0.1, 0.15) is 31.0 Å². The Balaban J connectivity index is 1.53. The molecule has 8 nitrogen and oxygen atoms in total. The number of ether oxygens (including phenoxy) is 2. The zero-order valence-electron chi connectivity index (χ0n) is 19.4. The largest absolute Gasteiger partial charge is 0.465 e. The van der Waals surface area contributed by atoms with Gasteiger partial charge in [0.2, 0.25) is 5.91 Å². The highest BCUT2D eigenvalue weighted by Crippen LogP contribution is 2.25. The first-order chi connectivity index (χ1) is 16.4. The van der Waals surface area contributed by atoms with Crippen LogP contribution in [0.3, 0.4) is 0 Å². The van der Waals surface area contributed by atoms with E-state index in [4.69, 9.17) is 21.1 Å². The first-order valence-electron chi connectivity index (χ1n) is 11.3. The van der Waals surface area contributed by atoms with Crippen molar-refractivity contribution in [2.75, 3.05) is 32.8 Å². The summed E-state index contributed by atoms with van der Waals surface area (Å²) in [6.45, 7) is 5.64. The third-order valence-electron chi connectivity index (χ3n) is 5.60. The third kappa shape index (κ3) is 6.95. The van der Waals surface area contributed by atoms with Gasteiger partial charge in [0.1, 0.15) is 18.7 Å². The Kier molecular flexibility index (Phi) is 9.30. The van der Waals surface area contributed by atoms with E-state index in [2.05, 4.69) is 5.32 Å². The van der Waals surface area contributed by atoms with Crippen molar-refractivity contribution in [2.24, 2.45) is 0 Å². The van der Waals surface area contributed by atoms with Gasteiger partial charge in [-0.3, -0.25) is 9.69 Å². The smallest absolute Gasteiger partial charge is 0.408 e. The van der Waals surface area contributed by atoms with E-state index in [1.807, 2.05) is 47.4 Å². The molecule has 0 aliphatic carbocycles. The molecule has 182 valence electrons. The number of piperazine rings is 1. The van der Waals surface area contributed by atoms with Crippen molar-refractivity contribution >= 4 is 29.6 Å². The number of halogens is 1. The first-order valence-corrected chi connectivity index (χ1v) is 11.7. The number of nitrogens with zero attached hydrogens (tertiary/aromatic N) is 2. The van der Waals surface area contributed by atoms with Gasteiger partial charge in [0.25, 0.3) is 0 Å². The molecule has 2 aromatic carbocycles. The molecule has 3 rings (SSSR count). The zero-order chi connectivity index (χ0) is 24.5. The average Bonchev–Trinajstić information content (AvgIpc) is 2.85. The maximum absolute atomic E-state index is 12.9. The van der Waals surface area contributed by atoms with Gasteiger partial charge < -0.3 is 19.7 Å². The van der Waals surface area contributed by atoms with Gasteiger partial charge in [-0.1, -0.05) is 54.1 Å². The number of amides is 2. The summed E-state index contributed by atoms with van der Waals surface area (Å²) in [6, 6.07) is 15.1. The number of alkyl carbamates (subject to hydrolysis) is 1. The van der Waals surface area contributed by atoms with Crippen LogP contribution in [0.4, 0.5) is 4.79 Å². The standard InChI is InChI=1S/C25H30ClN3O5/c1-3-33-24(31)22(20-9-11-21(26)12-10-20)28-13-15-29(16-14-28)23(30)18(2)27-25(32)34-17-19-7-5-4-6-8-19/h4-12,18,22H,3,13-17H2,1-2H3,(H,27,32)/t18-,22?/m0/s1. The Labute approximate surface area is 204 Å². The van der Waals surface area contributed by atoms with Gasteiger partial charge in [0, 0.05) is 31.2 Å². The van der Waals surface area contributed by atoms with Gasteiger partial charge in [-0.25, -0.2) is 9.59 Å². The van der Waals surface area contributed by atoms with Crippen LogP contribution in [0, 0.1) is 0 Å². The number of nitrogens with one attached hydrogen (secondary N) is 1. The fourth-order valence-electron chi connectivity index (χ4n) is 3.84. The van der Waals surface area contributed by atoms with Crippen molar-refractivity contribution in [3.63, 3.8) is 0 Å². The normalized spacial score (nSPS) is 15.8. The number of carbonyl (C=O) groups excluding carboxylic acids is 3. The number of rotatable bonds is 8. The van der Waals surface area contributed by atoms with E-state index in [9.17, 15) is 14.4 Å². The summed E-state index contributed by atoms with van der Waals surface area (Å²) in [5.41, 5.74) is 1.66. The molecule has 1 fully saturated rings. The van der Waals surface area contributed by atoms with E-state index >= 15 is 0 Å². The van der Waals surface area contributed by atoms with Gasteiger partial charge in [-0.05, 0) is 37.1 Å². The van der Waals surface area contributed by atoms with Crippen LogP contribution < -0.4 is 5.32 Å². The molecule has 1 aliphatic heterocycles. The first kappa shape index (κ1) is 25.5. The molecule has 0 saturated carbocycles. The molecule has 2 amide bonds. The molecule has 1 unspecified atom stereocenters. The second kappa shape index (κ2) is 12.4. The van der Waals surface area contributed by atoms with Gasteiger partial charge >= 0.3 is 12.1 Å². The molecule has 1 N–H and O–H groups in total. The van der Waals surface area contributed by atoms with E-state index in [0.717, 1.165) is 11.1 Å². The van der Waals surface area contributed by atoms with Crippen molar-refractivity contribution in [3.05, 3.63) is 70.7 Å². The number of hydrogen-bond donors (Lipinski definition) is 1. The molecule has 0 radical (unpaired) electrons. The van der Waals surface area contributed by atoms with Crippen LogP contribution in [0.2, 0.25) is 5.02 Å². The van der Waals surface area contributed by atoms with Gasteiger partial charge in [0.15, 0.2) is 0 Å². The molecule has 0 spiro atoms. The van der Waals surface area contributed by atoms with Gasteiger partial charge in [-0.2, -0.15) is 0 Å². The third-order valence-corrected chi connectivity index (χ3v) is 5.86. The Hall–Kier alpha value is -3.10. The highest BCUT2D eigenvalue weighted by atomic mass is 35.5. The molecule has 34 heavy (non-hydrogen) atoms. The molecule has 0 bridgehead atoms. The highest BCUT2D eigenvalue weighted by Gasteiger charge is 2.33. The van der Waals surface area contributed by atoms with Crippen LogP contribution >= 0.6 is 11.6 Å². The van der Waals surface area contributed by atoms with Crippen LogP contribution in [-0.4, -0.2) is 66.6 Å². The fourth-order valence-corrected chi connectivity index (χ4v) is 3.97. The van der Waals surface area contributed by atoms with Crippen LogP contribution in [0.25, 0.3) is 0 Å². The summed E-state index contributed by atoms with van der Waals surface area (Å²) in [4.78, 5) is 41.3. The number of benzene rings is 2. The summed E-state index contributed by atoms with van der Waals surface area (Å²) < 4.78 is 10.5. The monoisotopic (exact) mass is 487 g/mol. The van der Waals surface area contributed by atoms with Crippen molar-refractivity contribution in [1.82, 2.24) is 15.1 Å². The number of esters is 1. The van der Waals surface area contributed by atoms with Crippen LogP contribution in [-0.2, 0) is 25.7 Å². The second-order valence-corrected chi connectivity index (χ2v) is 8.43. The van der Waals surface area contributed by atoms with Crippen molar-refractivity contribution in [1.29, 1.82) is 0 Å². The second-order valence-electron chi connectivity index (χ2n) is 8.00. The van der Waals surface area contributed by atoms with E-state index in [-0.39, 0.29) is 25.1 Å². The van der Waals surface area contributed by atoms with E-state index in [0.29, 0.717) is 31.2 Å². The van der Waals surface area contributed by atoms with E-state index in [1.165, 1.54) is 0 Å². The van der Waals surface area contributed by atoms with Crippen molar-refractivity contribution in [3.8, 4) is 0 Å². The van der Waals surface area contributed by atoms with Gasteiger partial charge in [-0.15, -0.1) is 0 Å². The van der Waals surface area contributed by atoms with Crippen LogP contribution in [0.5, 0.6) is 0 Å². The number of carbonyl (C=O) groups is 3. The quantitative estimate of drug-likeness (QED) is 0.574. The van der Waals surface area contributed by atoms with Gasteiger partial charge in [0.05, 0.1) is 6.61 Å². The Bertz CT molecular complexity index is 962. The summed E-state index contributed by atoms with van der Waals surface area (Å²) in [7, 11) is 0. The molecular formula is C25H30ClN3O5. The molecule has 1 aliphatic rings. The molecule has 9 heteroatoms.